The number of amides is 1. The number of carbonyl (C=O) groups excluding carboxylic acids is 1. The Balaban J connectivity index is 3.62. The Morgan fingerprint density at radius 3 is 2.38 bits per heavy atom. The molecule has 4 nitrogen and oxygen atoms in total. The molecule has 0 fully saturated rings. The van der Waals surface area contributed by atoms with Gasteiger partial charge in [0.2, 0.25) is 5.91 Å². The Labute approximate surface area is 79.9 Å². The second-order valence-electron chi connectivity index (χ2n) is 3.58. The monoisotopic (exact) mass is 188 g/mol. The standard InChI is InChI=1S/C9H20N2O2/c1-7(2)11(4)9(13)6-10-5-8(3)12/h7-8,10,12H,5-6H2,1-4H3. The Bertz CT molecular complexity index is 158. The molecule has 1 unspecified atom stereocenters. The third-order valence-electron chi connectivity index (χ3n) is 1.88. The zero-order valence-electron chi connectivity index (χ0n) is 8.87. The third kappa shape index (κ3) is 5.60. The average Bonchev–Trinajstić information content (AvgIpc) is 2.02. The first-order valence-electron chi connectivity index (χ1n) is 4.59. The van der Waals surface area contributed by atoms with E-state index in [-0.39, 0.29) is 11.9 Å². The van der Waals surface area contributed by atoms with Crippen molar-refractivity contribution in [2.45, 2.75) is 32.9 Å². The van der Waals surface area contributed by atoms with Crippen molar-refractivity contribution in [3.05, 3.63) is 0 Å². The molecular weight excluding hydrogens is 168 g/mol. The first-order valence-corrected chi connectivity index (χ1v) is 4.59. The SMILES string of the molecule is CC(O)CNCC(=O)N(C)C(C)C. The molecule has 1 atom stereocenters. The van der Waals surface area contributed by atoms with E-state index in [9.17, 15) is 4.79 Å². The van der Waals surface area contributed by atoms with Crippen LogP contribution in [0.15, 0.2) is 0 Å². The van der Waals surface area contributed by atoms with E-state index < -0.39 is 6.10 Å². The molecule has 0 saturated carbocycles. The van der Waals surface area contributed by atoms with Gasteiger partial charge in [-0.25, -0.2) is 0 Å². The van der Waals surface area contributed by atoms with Crippen molar-refractivity contribution in [2.24, 2.45) is 0 Å². The van der Waals surface area contributed by atoms with Crippen molar-refractivity contribution < 1.29 is 9.90 Å². The van der Waals surface area contributed by atoms with Crippen molar-refractivity contribution in [1.82, 2.24) is 10.2 Å². The molecule has 0 radical (unpaired) electrons. The highest BCUT2D eigenvalue weighted by atomic mass is 16.3. The summed E-state index contributed by atoms with van der Waals surface area (Å²) in [5.41, 5.74) is 0. The molecule has 2 N–H and O–H groups in total. The Morgan fingerprint density at radius 2 is 2.00 bits per heavy atom. The highest BCUT2D eigenvalue weighted by Crippen LogP contribution is 1.92. The lowest BCUT2D eigenvalue weighted by molar-refractivity contribution is -0.130. The molecule has 0 aliphatic rings. The second kappa shape index (κ2) is 5.94. The number of hydrogen-bond donors (Lipinski definition) is 2. The molecule has 4 heteroatoms. The highest BCUT2D eigenvalue weighted by Gasteiger charge is 2.10. The zero-order chi connectivity index (χ0) is 10.4. The minimum atomic E-state index is -0.405. The van der Waals surface area contributed by atoms with Crippen LogP contribution < -0.4 is 5.32 Å². The van der Waals surface area contributed by atoms with Crippen molar-refractivity contribution in [3.63, 3.8) is 0 Å². The minimum Gasteiger partial charge on any atom is -0.392 e. The van der Waals surface area contributed by atoms with Gasteiger partial charge in [-0.05, 0) is 20.8 Å². The Morgan fingerprint density at radius 1 is 1.46 bits per heavy atom. The van der Waals surface area contributed by atoms with Crippen LogP contribution in [0.3, 0.4) is 0 Å². The molecule has 0 aliphatic carbocycles. The summed E-state index contributed by atoms with van der Waals surface area (Å²) in [6.45, 7) is 6.36. The lowest BCUT2D eigenvalue weighted by atomic mass is 10.3. The Kier molecular flexibility index (Phi) is 5.66. The molecule has 13 heavy (non-hydrogen) atoms. The fourth-order valence-corrected chi connectivity index (χ4v) is 0.801. The molecule has 0 spiro atoms. The van der Waals surface area contributed by atoms with E-state index in [4.69, 9.17) is 5.11 Å². The molecule has 0 aromatic carbocycles. The lowest BCUT2D eigenvalue weighted by Crippen LogP contribution is -2.40. The second-order valence-corrected chi connectivity index (χ2v) is 3.58. The minimum absolute atomic E-state index is 0.0515. The van der Waals surface area contributed by atoms with Gasteiger partial charge in [0.1, 0.15) is 0 Å². The summed E-state index contributed by atoms with van der Waals surface area (Å²) in [7, 11) is 1.77. The number of likely N-dealkylation sites (N-methyl/N-ethyl adjacent to an activating group) is 1. The summed E-state index contributed by atoms with van der Waals surface area (Å²) in [6, 6.07) is 0.223. The third-order valence-corrected chi connectivity index (χ3v) is 1.88. The lowest BCUT2D eigenvalue weighted by Gasteiger charge is -2.21. The van der Waals surface area contributed by atoms with Gasteiger partial charge in [0.15, 0.2) is 0 Å². The molecule has 0 aromatic rings. The van der Waals surface area contributed by atoms with Crippen LogP contribution in [0.1, 0.15) is 20.8 Å². The predicted molar refractivity (Wildman–Crippen MR) is 52.5 cm³/mol. The predicted octanol–water partition coefficient (Wildman–Crippen LogP) is -0.176. The van der Waals surface area contributed by atoms with E-state index in [2.05, 4.69) is 5.32 Å². The van der Waals surface area contributed by atoms with Crippen LogP contribution in [0, 0.1) is 0 Å². The van der Waals surface area contributed by atoms with Crippen LogP contribution >= 0.6 is 0 Å². The van der Waals surface area contributed by atoms with Gasteiger partial charge in [-0.3, -0.25) is 4.79 Å². The highest BCUT2D eigenvalue weighted by molar-refractivity contribution is 5.78. The summed E-state index contributed by atoms with van der Waals surface area (Å²) in [5, 5.41) is 11.8. The summed E-state index contributed by atoms with van der Waals surface area (Å²) < 4.78 is 0. The smallest absolute Gasteiger partial charge is 0.236 e. The molecule has 1 amide bonds. The number of nitrogens with one attached hydrogen (secondary N) is 1. The van der Waals surface area contributed by atoms with Gasteiger partial charge in [-0.2, -0.15) is 0 Å². The van der Waals surface area contributed by atoms with Gasteiger partial charge in [0.05, 0.1) is 12.6 Å². The largest absolute Gasteiger partial charge is 0.392 e. The van der Waals surface area contributed by atoms with E-state index in [1.54, 1.807) is 18.9 Å². The van der Waals surface area contributed by atoms with Crippen LogP contribution in [0.4, 0.5) is 0 Å². The number of aliphatic hydroxyl groups is 1. The fraction of sp³-hybridized carbons (Fsp3) is 0.889. The number of nitrogens with zero attached hydrogens (tertiary/aromatic N) is 1. The van der Waals surface area contributed by atoms with Gasteiger partial charge < -0.3 is 15.3 Å². The summed E-state index contributed by atoms with van der Waals surface area (Å²) in [5.74, 6) is 0.0515. The molecule has 0 bridgehead atoms. The summed E-state index contributed by atoms with van der Waals surface area (Å²) in [4.78, 5) is 13.0. The van der Waals surface area contributed by atoms with E-state index in [0.29, 0.717) is 13.1 Å². The maximum absolute atomic E-state index is 11.3. The van der Waals surface area contributed by atoms with Crippen molar-refractivity contribution in [1.29, 1.82) is 0 Å². The van der Waals surface area contributed by atoms with Crippen LogP contribution in [0.2, 0.25) is 0 Å². The van der Waals surface area contributed by atoms with Gasteiger partial charge >= 0.3 is 0 Å². The average molecular weight is 188 g/mol. The van der Waals surface area contributed by atoms with Gasteiger partial charge in [-0.15, -0.1) is 0 Å². The van der Waals surface area contributed by atoms with E-state index in [1.165, 1.54) is 0 Å². The molecular formula is C9H20N2O2. The fourth-order valence-electron chi connectivity index (χ4n) is 0.801. The van der Waals surface area contributed by atoms with E-state index in [0.717, 1.165) is 0 Å². The maximum Gasteiger partial charge on any atom is 0.236 e. The van der Waals surface area contributed by atoms with Crippen LogP contribution in [0.25, 0.3) is 0 Å². The first-order chi connectivity index (χ1) is 5.95. The number of carbonyl (C=O) groups is 1. The molecule has 0 heterocycles. The molecule has 78 valence electrons. The quantitative estimate of drug-likeness (QED) is 0.629. The Hall–Kier alpha value is -0.610. The number of aliphatic hydroxyl groups excluding tert-OH is 1. The normalized spacial score (nSPS) is 13.1. The van der Waals surface area contributed by atoms with Crippen molar-refractivity contribution >= 4 is 5.91 Å². The zero-order valence-corrected chi connectivity index (χ0v) is 8.87. The molecule has 0 saturated heterocycles. The van der Waals surface area contributed by atoms with Crippen LogP contribution in [-0.4, -0.2) is 48.2 Å². The van der Waals surface area contributed by atoms with E-state index >= 15 is 0 Å². The van der Waals surface area contributed by atoms with Crippen molar-refractivity contribution in [3.8, 4) is 0 Å². The van der Waals surface area contributed by atoms with Gasteiger partial charge in [0.25, 0.3) is 0 Å². The van der Waals surface area contributed by atoms with Gasteiger partial charge in [0, 0.05) is 19.6 Å². The maximum atomic E-state index is 11.3. The molecule has 0 rings (SSSR count). The van der Waals surface area contributed by atoms with Crippen LogP contribution in [-0.2, 0) is 4.79 Å². The summed E-state index contributed by atoms with van der Waals surface area (Å²) in [6.07, 6.45) is -0.405. The number of hydrogen-bond acceptors (Lipinski definition) is 3. The van der Waals surface area contributed by atoms with Crippen LogP contribution in [0.5, 0.6) is 0 Å². The molecule has 0 aliphatic heterocycles. The number of rotatable bonds is 5. The first kappa shape index (κ1) is 12.4. The van der Waals surface area contributed by atoms with Crippen molar-refractivity contribution in [2.75, 3.05) is 20.1 Å². The topological polar surface area (TPSA) is 52.6 Å². The molecule has 0 aromatic heterocycles. The van der Waals surface area contributed by atoms with Gasteiger partial charge in [-0.1, -0.05) is 0 Å². The van der Waals surface area contributed by atoms with E-state index in [1.807, 2.05) is 13.8 Å². The summed E-state index contributed by atoms with van der Waals surface area (Å²) >= 11 is 0.